The highest BCUT2D eigenvalue weighted by atomic mass is 35.5. The molecule has 0 aliphatic carbocycles. The highest BCUT2D eigenvalue weighted by molar-refractivity contribution is 5.94. The van der Waals surface area contributed by atoms with Gasteiger partial charge in [0.05, 0.1) is 0 Å². The van der Waals surface area contributed by atoms with Crippen LogP contribution >= 0.6 is 0 Å². The van der Waals surface area contributed by atoms with Crippen molar-refractivity contribution >= 4 is 5.78 Å². The van der Waals surface area contributed by atoms with Crippen molar-refractivity contribution in [2.45, 2.75) is 6.54 Å². The molecule has 0 N–H and O–H groups in total. The lowest BCUT2D eigenvalue weighted by molar-refractivity contribution is -0.683. The summed E-state index contributed by atoms with van der Waals surface area (Å²) in [7, 11) is 0. The van der Waals surface area contributed by atoms with E-state index < -0.39 is 0 Å². The van der Waals surface area contributed by atoms with Crippen LogP contribution in [0.5, 0.6) is 0 Å². The Morgan fingerprint density at radius 3 is 2.24 bits per heavy atom. The van der Waals surface area contributed by atoms with Crippen molar-refractivity contribution in [3.05, 3.63) is 66.2 Å². The Bertz CT molecular complexity index is 485. The quantitative estimate of drug-likeness (QED) is 0.507. The van der Waals surface area contributed by atoms with E-state index in [0.717, 1.165) is 0 Å². The molecule has 0 saturated carbocycles. The number of rotatable bonds is 3. The Labute approximate surface area is 105 Å². The maximum absolute atomic E-state index is 12.7. The number of nitrogens with zero attached hydrogens (tertiary/aromatic N) is 1. The molecule has 0 radical (unpaired) electrons. The molecule has 1 aromatic heterocycles. The fourth-order valence-corrected chi connectivity index (χ4v) is 1.43. The van der Waals surface area contributed by atoms with Crippen molar-refractivity contribution in [2.24, 2.45) is 0 Å². The van der Waals surface area contributed by atoms with E-state index >= 15 is 0 Å². The maximum Gasteiger partial charge on any atom is 0.227 e. The van der Waals surface area contributed by atoms with Crippen LogP contribution in [-0.2, 0) is 6.54 Å². The van der Waals surface area contributed by atoms with Crippen molar-refractivity contribution in [2.75, 3.05) is 0 Å². The Hall–Kier alpha value is -1.74. The molecule has 2 nitrogen and oxygen atoms in total. The lowest BCUT2D eigenvalue weighted by Crippen LogP contribution is -3.00. The molecule has 0 bridgehead atoms. The predicted molar refractivity (Wildman–Crippen MR) is 57.4 cm³/mol. The number of pyridine rings is 1. The number of carbonyl (C=O) groups is 1. The largest absolute Gasteiger partial charge is 1.00 e. The van der Waals surface area contributed by atoms with E-state index in [1.807, 2.05) is 30.6 Å². The first-order chi connectivity index (χ1) is 7.75. The molecule has 0 spiro atoms. The Morgan fingerprint density at radius 1 is 1.06 bits per heavy atom. The first-order valence-corrected chi connectivity index (χ1v) is 4.98. The molecular formula is C13H11ClFNO. The average Bonchev–Trinajstić information content (AvgIpc) is 2.31. The normalized spacial score (nSPS) is 9.47. The molecule has 1 heterocycles. The van der Waals surface area contributed by atoms with Gasteiger partial charge in [0.15, 0.2) is 12.4 Å². The van der Waals surface area contributed by atoms with Crippen LogP contribution in [0.4, 0.5) is 4.39 Å². The van der Waals surface area contributed by atoms with Crippen molar-refractivity contribution < 1.29 is 26.2 Å². The van der Waals surface area contributed by atoms with Gasteiger partial charge in [-0.15, -0.1) is 0 Å². The maximum atomic E-state index is 12.7. The van der Waals surface area contributed by atoms with Crippen LogP contribution in [-0.4, -0.2) is 5.78 Å². The highest BCUT2D eigenvalue weighted by Gasteiger charge is 2.10. The first-order valence-electron chi connectivity index (χ1n) is 4.98. The molecular weight excluding hydrogens is 241 g/mol. The molecule has 4 heteroatoms. The van der Waals surface area contributed by atoms with Gasteiger partial charge in [-0.25, -0.2) is 4.39 Å². The molecule has 0 amide bonds. The summed E-state index contributed by atoms with van der Waals surface area (Å²) in [5.41, 5.74) is 0.526. The minimum atomic E-state index is -0.330. The number of benzene rings is 1. The second kappa shape index (κ2) is 6.11. The van der Waals surface area contributed by atoms with Crippen LogP contribution in [0, 0.1) is 5.82 Å². The van der Waals surface area contributed by atoms with E-state index in [2.05, 4.69) is 0 Å². The lowest BCUT2D eigenvalue weighted by atomic mass is 10.1. The van der Waals surface area contributed by atoms with Gasteiger partial charge in [0.1, 0.15) is 5.82 Å². The summed E-state index contributed by atoms with van der Waals surface area (Å²) in [5.74, 6) is -0.361. The predicted octanol–water partition coefficient (Wildman–Crippen LogP) is -1.000. The molecule has 0 aliphatic heterocycles. The summed E-state index contributed by atoms with van der Waals surface area (Å²) in [6.45, 7) is 0.270. The molecule has 2 aromatic rings. The smallest absolute Gasteiger partial charge is 0.227 e. The second-order valence-electron chi connectivity index (χ2n) is 3.48. The zero-order valence-corrected chi connectivity index (χ0v) is 9.77. The van der Waals surface area contributed by atoms with Crippen molar-refractivity contribution in [3.8, 4) is 0 Å². The molecule has 17 heavy (non-hydrogen) atoms. The van der Waals surface area contributed by atoms with Gasteiger partial charge in [0, 0.05) is 17.7 Å². The summed E-state index contributed by atoms with van der Waals surface area (Å²) in [5, 5.41) is 0. The Balaban J connectivity index is 0.00000144. The number of hydrogen-bond acceptors (Lipinski definition) is 1. The number of Topliss-reactive ketones (excluding diaryl/α,β-unsaturated/α-hetero) is 1. The first kappa shape index (κ1) is 13.3. The zero-order chi connectivity index (χ0) is 11.4. The van der Waals surface area contributed by atoms with Crippen LogP contribution < -0.4 is 17.0 Å². The molecule has 0 aliphatic rings. The third-order valence-electron chi connectivity index (χ3n) is 2.27. The molecule has 1 aromatic carbocycles. The number of aromatic nitrogens is 1. The Morgan fingerprint density at radius 2 is 1.65 bits per heavy atom. The van der Waals surface area contributed by atoms with Gasteiger partial charge < -0.3 is 12.4 Å². The van der Waals surface area contributed by atoms with Crippen LogP contribution in [0.3, 0.4) is 0 Å². The molecule has 2 rings (SSSR count). The monoisotopic (exact) mass is 251 g/mol. The number of ketones is 1. The van der Waals surface area contributed by atoms with E-state index in [-0.39, 0.29) is 30.6 Å². The zero-order valence-electron chi connectivity index (χ0n) is 9.01. The van der Waals surface area contributed by atoms with Gasteiger partial charge in [-0.05, 0) is 24.3 Å². The third kappa shape index (κ3) is 3.64. The van der Waals surface area contributed by atoms with E-state index in [1.54, 1.807) is 4.57 Å². The Kier molecular flexibility index (Phi) is 4.79. The number of hydrogen-bond donors (Lipinski definition) is 0. The minimum Gasteiger partial charge on any atom is -1.00 e. The van der Waals surface area contributed by atoms with Gasteiger partial charge in [-0.3, -0.25) is 4.79 Å². The second-order valence-corrected chi connectivity index (χ2v) is 3.48. The summed E-state index contributed by atoms with van der Waals surface area (Å²) in [4.78, 5) is 11.8. The summed E-state index contributed by atoms with van der Waals surface area (Å²) >= 11 is 0. The molecule has 0 fully saturated rings. The summed E-state index contributed by atoms with van der Waals surface area (Å²) < 4.78 is 14.4. The highest BCUT2D eigenvalue weighted by Crippen LogP contribution is 2.03. The topological polar surface area (TPSA) is 20.9 Å². The fourth-order valence-electron chi connectivity index (χ4n) is 1.43. The fraction of sp³-hybridized carbons (Fsp3) is 0.0769. The molecule has 88 valence electrons. The van der Waals surface area contributed by atoms with Crippen LogP contribution in [0.2, 0.25) is 0 Å². The van der Waals surface area contributed by atoms with Gasteiger partial charge >= 0.3 is 0 Å². The van der Waals surface area contributed by atoms with Crippen molar-refractivity contribution in [3.63, 3.8) is 0 Å². The van der Waals surface area contributed by atoms with Crippen molar-refractivity contribution in [1.29, 1.82) is 0 Å². The lowest BCUT2D eigenvalue weighted by Gasteiger charge is -1.97. The summed E-state index contributed by atoms with van der Waals surface area (Å²) in [6.07, 6.45) is 3.64. The average molecular weight is 252 g/mol. The molecule has 0 unspecified atom stereocenters. The molecule has 0 atom stereocenters. The SMILES string of the molecule is O=C(C[n+]1ccccc1)c1ccc(F)cc1.[Cl-]. The standard InChI is InChI=1S/C13H11FNO.ClH/c14-12-6-4-11(5-7-12)13(16)10-15-8-2-1-3-9-15;/h1-9H,10H2;1H/q+1;/p-1. The molecule has 0 saturated heterocycles. The van der Waals surface area contributed by atoms with Crippen LogP contribution in [0.25, 0.3) is 0 Å². The van der Waals surface area contributed by atoms with Gasteiger partial charge in [0.25, 0.3) is 0 Å². The minimum absolute atomic E-state index is 0. The van der Waals surface area contributed by atoms with E-state index in [9.17, 15) is 9.18 Å². The third-order valence-corrected chi connectivity index (χ3v) is 2.27. The van der Waals surface area contributed by atoms with Crippen LogP contribution in [0.15, 0.2) is 54.9 Å². The van der Waals surface area contributed by atoms with Gasteiger partial charge in [-0.1, -0.05) is 6.07 Å². The number of halogens is 2. The summed E-state index contributed by atoms with van der Waals surface area (Å²) in [6, 6.07) is 11.2. The van der Waals surface area contributed by atoms with E-state index in [0.29, 0.717) is 5.56 Å². The van der Waals surface area contributed by atoms with E-state index in [1.165, 1.54) is 24.3 Å². The van der Waals surface area contributed by atoms with E-state index in [4.69, 9.17) is 0 Å². The van der Waals surface area contributed by atoms with Crippen LogP contribution in [0.1, 0.15) is 10.4 Å². The number of carbonyl (C=O) groups excluding carboxylic acids is 1. The van der Waals surface area contributed by atoms with Gasteiger partial charge in [0.2, 0.25) is 12.3 Å². The van der Waals surface area contributed by atoms with Crippen molar-refractivity contribution in [1.82, 2.24) is 0 Å². The van der Waals surface area contributed by atoms with Gasteiger partial charge in [-0.2, -0.15) is 4.57 Å².